The summed E-state index contributed by atoms with van der Waals surface area (Å²) in [6.07, 6.45) is 3.15. The fourth-order valence-electron chi connectivity index (χ4n) is 4.10. The van der Waals surface area contributed by atoms with Crippen LogP contribution in [0.5, 0.6) is 0 Å². The number of aromatic nitrogens is 3. The molecule has 1 saturated heterocycles. The van der Waals surface area contributed by atoms with Crippen LogP contribution in [0.15, 0.2) is 35.3 Å². The highest BCUT2D eigenvalue weighted by Crippen LogP contribution is 2.27. The van der Waals surface area contributed by atoms with Gasteiger partial charge in [-0.3, -0.25) is 14.4 Å². The molecule has 1 aromatic carbocycles. The zero-order valence-corrected chi connectivity index (χ0v) is 16.6. The smallest absolute Gasteiger partial charge is 0.310 e. The molecule has 0 radical (unpaired) electrons. The van der Waals surface area contributed by atoms with Crippen molar-refractivity contribution in [1.29, 1.82) is 0 Å². The SMILES string of the molecule is CCOC(=O)[C@@H]1CCCN(C(=O)Cn2c3ccccc3c3cnn(C)c(=O)c32)C1. The summed E-state index contributed by atoms with van der Waals surface area (Å²) in [4.78, 5) is 39.7. The van der Waals surface area contributed by atoms with Gasteiger partial charge in [0, 0.05) is 36.4 Å². The summed E-state index contributed by atoms with van der Waals surface area (Å²) in [5.41, 5.74) is 1.05. The maximum atomic E-state index is 13.1. The topological polar surface area (TPSA) is 86.4 Å². The number of hydrogen-bond acceptors (Lipinski definition) is 5. The van der Waals surface area contributed by atoms with E-state index in [1.54, 1.807) is 29.6 Å². The normalized spacial score (nSPS) is 17.0. The quantitative estimate of drug-likeness (QED) is 0.627. The van der Waals surface area contributed by atoms with Crippen LogP contribution in [0, 0.1) is 5.92 Å². The van der Waals surface area contributed by atoms with E-state index in [-0.39, 0.29) is 29.9 Å². The number of ether oxygens (including phenoxy) is 1. The number of fused-ring (bicyclic) bond motifs is 3. The maximum absolute atomic E-state index is 13.1. The number of rotatable bonds is 4. The van der Waals surface area contributed by atoms with E-state index in [0.717, 1.165) is 29.1 Å². The third kappa shape index (κ3) is 3.39. The molecule has 3 heterocycles. The Hall–Kier alpha value is -3.16. The first-order valence-electron chi connectivity index (χ1n) is 9.89. The second-order valence-electron chi connectivity index (χ2n) is 7.37. The molecule has 8 heteroatoms. The van der Waals surface area contributed by atoms with Gasteiger partial charge in [-0.15, -0.1) is 0 Å². The number of carbonyl (C=O) groups excluding carboxylic acids is 2. The monoisotopic (exact) mass is 396 g/mol. The Morgan fingerprint density at radius 2 is 2.03 bits per heavy atom. The Bertz CT molecular complexity index is 1150. The largest absolute Gasteiger partial charge is 0.466 e. The average Bonchev–Trinajstić information content (AvgIpc) is 3.05. The van der Waals surface area contributed by atoms with Crippen molar-refractivity contribution < 1.29 is 14.3 Å². The van der Waals surface area contributed by atoms with Gasteiger partial charge in [0.2, 0.25) is 5.91 Å². The summed E-state index contributed by atoms with van der Waals surface area (Å²) >= 11 is 0. The van der Waals surface area contributed by atoms with Gasteiger partial charge in [0.25, 0.3) is 5.56 Å². The lowest BCUT2D eigenvalue weighted by atomic mass is 9.98. The van der Waals surface area contributed by atoms with Crippen molar-refractivity contribution in [3.8, 4) is 0 Å². The van der Waals surface area contributed by atoms with Crippen LogP contribution in [0.1, 0.15) is 19.8 Å². The molecular formula is C21H24N4O4. The predicted molar refractivity (Wildman–Crippen MR) is 108 cm³/mol. The summed E-state index contributed by atoms with van der Waals surface area (Å²) in [6, 6.07) is 7.62. The van der Waals surface area contributed by atoms with E-state index in [1.807, 2.05) is 24.3 Å². The van der Waals surface area contributed by atoms with Crippen LogP contribution in [-0.4, -0.2) is 50.8 Å². The number of esters is 1. The first kappa shape index (κ1) is 19.2. The summed E-state index contributed by atoms with van der Waals surface area (Å²) in [5.74, 6) is -0.648. The van der Waals surface area contributed by atoms with Crippen LogP contribution in [0.2, 0.25) is 0 Å². The Morgan fingerprint density at radius 1 is 1.24 bits per heavy atom. The van der Waals surface area contributed by atoms with Gasteiger partial charge in [-0.2, -0.15) is 5.10 Å². The van der Waals surface area contributed by atoms with Crippen molar-refractivity contribution in [3.05, 3.63) is 40.8 Å². The molecule has 0 unspecified atom stereocenters. The van der Waals surface area contributed by atoms with Crippen LogP contribution in [-0.2, 0) is 27.9 Å². The number of piperidine rings is 1. The van der Waals surface area contributed by atoms with Crippen LogP contribution in [0.4, 0.5) is 0 Å². The molecule has 1 atom stereocenters. The summed E-state index contributed by atoms with van der Waals surface area (Å²) < 4.78 is 8.17. The molecule has 1 fully saturated rings. The predicted octanol–water partition coefficient (Wildman–Crippen LogP) is 1.69. The van der Waals surface area contributed by atoms with Gasteiger partial charge in [-0.25, -0.2) is 4.68 Å². The lowest BCUT2D eigenvalue weighted by Crippen LogP contribution is -2.44. The van der Waals surface area contributed by atoms with Crippen molar-refractivity contribution in [2.24, 2.45) is 13.0 Å². The third-order valence-electron chi connectivity index (χ3n) is 5.55. The first-order valence-corrected chi connectivity index (χ1v) is 9.89. The molecule has 29 heavy (non-hydrogen) atoms. The van der Waals surface area contributed by atoms with E-state index in [1.165, 1.54) is 4.68 Å². The molecule has 4 rings (SSSR count). The minimum atomic E-state index is -0.289. The highest BCUT2D eigenvalue weighted by Gasteiger charge is 2.30. The van der Waals surface area contributed by atoms with Gasteiger partial charge in [0.15, 0.2) is 0 Å². The molecule has 0 bridgehead atoms. The van der Waals surface area contributed by atoms with Gasteiger partial charge < -0.3 is 14.2 Å². The molecule has 152 valence electrons. The average molecular weight is 396 g/mol. The zero-order valence-electron chi connectivity index (χ0n) is 16.6. The third-order valence-corrected chi connectivity index (χ3v) is 5.55. The fraction of sp³-hybridized carbons (Fsp3) is 0.429. The molecule has 0 spiro atoms. The van der Waals surface area contributed by atoms with Gasteiger partial charge in [-0.1, -0.05) is 18.2 Å². The Kier molecular flexibility index (Phi) is 5.08. The van der Waals surface area contributed by atoms with E-state index in [0.29, 0.717) is 25.2 Å². The van der Waals surface area contributed by atoms with Crippen LogP contribution in [0.3, 0.4) is 0 Å². The minimum absolute atomic E-state index is 0.0405. The van der Waals surface area contributed by atoms with Crippen LogP contribution >= 0.6 is 0 Å². The molecule has 1 aliphatic rings. The maximum Gasteiger partial charge on any atom is 0.310 e. The molecule has 0 aliphatic carbocycles. The van der Waals surface area contributed by atoms with E-state index in [9.17, 15) is 14.4 Å². The van der Waals surface area contributed by atoms with E-state index in [2.05, 4.69) is 5.10 Å². The number of amides is 1. The second-order valence-corrected chi connectivity index (χ2v) is 7.37. The molecule has 3 aromatic rings. The van der Waals surface area contributed by atoms with Crippen molar-refractivity contribution in [3.63, 3.8) is 0 Å². The number of hydrogen-bond donors (Lipinski definition) is 0. The number of aryl methyl sites for hydroxylation is 1. The molecule has 1 aliphatic heterocycles. The number of nitrogens with zero attached hydrogens (tertiary/aromatic N) is 4. The summed E-state index contributed by atoms with van der Waals surface area (Å²) in [7, 11) is 1.60. The Labute approximate surface area is 167 Å². The molecule has 8 nitrogen and oxygen atoms in total. The zero-order chi connectivity index (χ0) is 20.5. The van der Waals surface area contributed by atoms with Gasteiger partial charge >= 0.3 is 5.97 Å². The Morgan fingerprint density at radius 3 is 2.83 bits per heavy atom. The molecule has 0 saturated carbocycles. The van der Waals surface area contributed by atoms with Crippen molar-refractivity contribution in [2.45, 2.75) is 26.3 Å². The number of carbonyl (C=O) groups is 2. The van der Waals surface area contributed by atoms with Crippen molar-refractivity contribution >= 4 is 33.7 Å². The highest BCUT2D eigenvalue weighted by atomic mass is 16.5. The Balaban J connectivity index is 1.68. The lowest BCUT2D eigenvalue weighted by molar-refractivity contribution is -0.151. The summed E-state index contributed by atoms with van der Waals surface area (Å²) in [6.45, 7) is 3.11. The first-order chi connectivity index (χ1) is 14.0. The fourth-order valence-corrected chi connectivity index (χ4v) is 4.10. The van der Waals surface area contributed by atoms with E-state index >= 15 is 0 Å². The minimum Gasteiger partial charge on any atom is -0.466 e. The van der Waals surface area contributed by atoms with E-state index < -0.39 is 0 Å². The second kappa shape index (κ2) is 7.69. The van der Waals surface area contributed by atoms with Gasteiger partial charge in [0.05, 0.1) is 18.7 Å². The number of benzene rings is 1. The molecule has 1 amide bonds. The number of para-hydroxylation sites is 1. The van der Waals surface area contributed by atoms with E-state index in [4.69, 9.17) is 4.74 Å². The number of likely N-dealkylation sites (tertiary alicyclic amines) is 1. The standard InChI is InChI=1S/C21H24N4O4/c1-3-29-21(28)14-7-6-10-24(12-14)18(26)13-25-17-9-5-4-8-15(17)16-11-22-23(2)20(27)19(16)25/h4-5,8-9,11,14H,3,6-7,10,12-13H2,1-2H3/t14-/m1/s1. The summed E-state index contributed by atoms with van der Waals surface area (Å²) in [5, 5.41) is 5.76. The van der Waals surface area contributed by atoms with Crippen molar-refractivity contribution in [1.82, 2.24) is 19.2 Å². The molecule has 0 N–H and O–H groups in total. The van der Waals surface area contributed by atoms with Crippen molar-refractivity contribution in [2.75, 3.05) is 19.7 Å². The molecular weight excluding hydrogens is 372 g/mol. The van der Waals surface area contributed by atoms with Crippen LogP contribution in [0.25, 0.3) is 21.8 Å². The van der Waals surface area contributed by atoms with Gasteiger partial charge in [-0.05, 0) is 25.8 Å². The highest BCUT2D eigenvalue weighted by molar-refractivity contribution is 6.07. The molecule has 2 aromatic heterocycles. The lowest BCUT2D eigenvalue weighted by Gasteiger charge is -2.31. The van der Waals surface area contributed by atoms with Crippen LogP contribution < -0.4 is 5.56 Å². The van der Waals surface area contributed by atoms with Gasteiger partial charge in [0.1, 0.15) is 12.1 Å².